The number of anilines is 1. The number of hydrazine groups is 1. The van der Waals surface area contributed by atoms with E-state index in [1.54, 1.807) is 20.5 Å². The lowest BCUT2D eigenvalue weighted by Gasteiger charge is -2.34. The third kappa shape index (κ3) is 4.31. The van der Waals surface area contributed by atoms with Gasteiger partial charge in [-0.2, -0.15) is 0 Å². The molecule has 8 heteroatoms. The molecule has 3 aliphatic rings. The molecule has 6 atom stereocenters. The zero-order valence-corrected chi connectivity index (χ0v) is 17.1. The van der Waals surface area contributed by atoms with E-state index in [2.05, 4.69) is 38.7 Å². The summed E-state index contributed by atoms with van der Waals surface area (Å²) < 4.78 is 16.9. The molecule has 156 valence electrons. The van der Waals surface area contributed by atoms with Gasteiger partial charge in [-0.05, 0) is 32.6 Å². The van der Waals surface area contributed by atoms with Crippen LogP contribution in [0.2, 0.25) is 0 Å². The normalized spacial score (nSPS) is 33.8. The Labute approximate surface area is 167 Å². The van der Waals surface area contributed by atoms with Crippen LogP contribution in [0.25, 0.3) is 0 Å². The van der Waals surface area contributed by atoms with Gasteiger partial charge in [0.05, 0.1) is 36.7 Å². The van der Waals surface area contributed by atoms with E-state index in [-0.39, 0.29) is 18.2 Å². The zero-order chi connectivity index (χ0) is 19.5. The fourth-order valence-electron chi connectivity index (χ4n) is 4.87. The zero-order valence-electron chi connectivity index (χ0n) is 17.1. The highest BCUT2D eigenvalue weighted by atomic mass is 16.5. The van der Waals surface area contributed by atoms with Crippen molar-refractivity contribution in [2.24, 2.45) is 5.92 Å². The summed E-state index contributed by atoms with van der Waals surface area (Å²) in [6.45, 7) is 4.59. The number of ether oxygens (including phenoxy) is 3. The van der Waals surface area contributed by atoms with Gasteiger partial charge in [0.25, 0.3) is 0 Å². The largest absolute Gasteiger partial charge is 0.382 e. The quantitative estimate of drug-likeness (QED) is 0.723. The molecule has 3 heterocycles. The van der Waals surface area contributed by atoms with Crippen LogP contribution < -0.4 is 15.8 Å². The molecule has 8 nitrogen and oxygen atoms in total. The van der Waals surface area contributed by atoms with Gasteiger partial charge in [-0.15, -0.1) is 0 Å². The second-order valence-corrected chi connectivity index (χ2v) is 8.27. The molecule has 2 N–H and O–H groups in total. The van der Waals surface area contributed by atoms with Crippen molar-refractivity contribution in [3.8, 4) is 0 Å². The lowest BCUT2D eigenvalue weighted by atomic mass is 9.79. The Hall–Kier alpha value is -1.32. The first kappa shape index (κ1) is 20.0. The average Bonchev–Trinajstić information content (AvgIpc) is 3.35. The second-order valence-electron chi connectivity index (χ2n) is 8.27. The van der Waals surface area contributed by atoms with Crippen molar-refractivity contribution >= 4 is 5.82 Å². The number of methoxy groups -OCH3 is 2. The van der Waals surface area contributed by atoms with Crippen LogP contribution in [-0.2, 0) is 14.2 Å². The Bertz CT molecular complexity index is 648. The van der Waals surface area contributed by atoms with Crippen molar-refractivity contribution in [3.05, 3.63) is 18.1 Å². The summed E-state index contributed by atoms with van der Waals surface area (Å²) in [6.07, 6.45) is 6.65. The maximum Gasteiger partial charge on any atom is 0.132 e. The van der Waals surface area contributed by atoms with Gasteiger partial charge in [-0.3, -0.25) is 5.43 Å². The molecular formula is C20H33N5O3. The minimum Gasteiger partial charge on any atom is -0.382 e. The first-order valence-electron chi connectivity index (χ1n) is 10.4. The Morgan fingerprint density at radius 2 is 2.07 bits per heavy atom. The molecule has 2 saturated heterocycles. The summed E-state index contributed by atoms with van der Waals surface area (Å²) in [5.41, 5.74) is 8.03. The minimum atomic E-state index is 0.127. The molecule has 0 amide bonds. The van der Waals surface area contributed by atoms with Gasteiger partial charge < -0.3 is 19.1 Å². The smallest absolute Gasteiger partial charge is 0.132 e. The standard InChI is InChI=1S/C20H33N5O3/c1-13(11-26-2)28-14-4-5-17-16(8-14)20(24-23-17)18-9-19(22-12-21-18)25-7-6-15(10-25)27-3/h9,12-17,20,23-24H,4-8,10-11H2,1-3H3/t13-,14?,15-,16?,17?,20?/m0/s1. The second kappa shape index (κ2) is 9.00. The molecule has 1 aromatic heterocycles. The predicted molar refractivity (Wildman–Crippen MR) is 106 cm³/mol. The molecule has 4 unspecified atom stereocenters. The number of fused-ring (bicyclic) bond motifs is 1. The maximum atomic E-state index is 6.22. The van der Waals surface area contributed by atoms with E-state index in [1.165, 1.54) is 0 Å². The highest BCUT2D eigenvalue weighted by Crippen LogP contribution is 2.39. The van der Waals surface area contributed by atoms with E-state index >= 15 is 0 Å². The van der Waals surface area contributed by atoms with E-state index in [0.29, 0.717) is 24.7 Å². The van der Waals surface area contributed by atoms with Crippen LogP contribution in [0.15, 0.2) is 12.4 Å². The third-order valence-corrected chi connectivity index (χ3v) is 6.32. The minimum absolute atomic E-state index is 0.127. The number of hydrogen-bond donors (Lipinski definition) is 2. The van der Waals surface area contributed by atoms with Gasteiger partial charge in [0.15, 0.2) is 0 Å². The topological polar surface area (TPSA) is 80.8 Å². The number of rotatable bonds is 7. The van der Waals surface area contributed by atoms with Crippen molar-refractivity contribution in [2.45, 2.75) is 63.0 Å². The van der Waals surface area contributed by atoms with Crippen molar-refractivity contribution in [1.82, 2.24) is 20.8 Å². The Balaban J connectivity index is 1.43. The Morgan fingerprint density at radius 3 is 2.86 bits per heavy atom. The number of nitrogens with one attached hydrogen (secondary N) is 2. The third-order valence-electron chi connectivity index (χ3n) is 6.32. The van der Waals surface area contributed by atoms with E-state index in [4.69, 9.17) is 14.2 Å². The van der Waals surface area contributed by atoms with Gasteiger partial charge in [-0.25, -0.2) is 15.4 Å². The van der Waals surface area contributed by atoms with Crippen LogP contribution in [0, 0.1) is 5.92 Å². The summed E-state index contributed by atoms with van der Waals surface area (Å²) in [7, 11) is 3.50. The molecule has 1 aromatic rings. The van der Waals surface area contributed by atoms with E-state index in [9.17, 15) is 0 Å². The van der Waals surface area contributed by atoms with Crippen LogP contribution >= 0.6 is 0 Å². The van der Waals surface area contributed by atoms with Gasteiger partial charge in [0.1, 0.15) is 12.1 Å². The van der Waals surface area contributed by atoms with Gasteiger partial charge >= 0.3 is 0 Å². The number of aromatic nitrogens is 2. The van der Waals surface area contributed by atoms with Crippen LogP contribution in [-0.4, -0.2) is 68.2 Å². The van der Waals surface area contributed by atoms with Gasteiger partial charge in [-0.1, -0.05) is 0 Å². The van der Waals surface area contributed by atoms with Crippen LogP contribution in [0.5, 0.6) is 0 Å². The molecule has 0 aromatic carbocycles. The molecule has 3 fully saturated rings. The van der Waals surface area contributed by atoms with E-state index < -0.39 is 0 Å². The molecule has 1 saturated carbocycles. The van der Waals surface area contributed by atoms with Crippen LogP contribution in [0.1, 0.15) is 44.3 Å². The molecule has 28 heavy (non-hydrogen) atoms. The van der Waals surface area contributed by atoms with E-state index in [0.717, 1.165) is 50.3 Å². The first-order valence-corrected chi connectivity index (χ1v) is 10.4. The van der Waals surface area contributed by atoms with Crippen LogP contribution in [0.3, 0.4) is 0 Å². The maximum absolute atomic E-state index is 6.22. The average molecular weight is 392 g/mol. The summed E-state index contributed by atoms with van der Waals surface area (Å²) in [6, 6.07) is 2.78. The highest BCUT2D eigenvalue weighted by Gasteiger charge is 2.42. The molecule has 0 bridgehead atoms. The lowest BCUT2D eigenvalue weighted by molar-refractivity contribution is -0.0623. The van der Waals surface area contributed by atoms with Crippen molar-refractivity contribution in [3.63, 3.8) is 0 Å². The summed E-state index contributed by atoms with van der Waals surface area (Å²) >= 11 is 0. The SMILES string of the molecule is COC[C@H](C)OC1CCC2NNC(c3cc(N4CC[C@H](OC)C4)ncn3)C2C1. The molecule has 0 radical (unpaired) electrons. The summed E-state index contributed by atoms with van der Waals surface area (Å²) in [5, 5.41) is 0. The molecule has 2 aliphatic heterocycles. The molecule has 0 spiro atoms. The van der Waals surface area contributed by atoms with Crippen LogP contribution in [0.4, 0.5) is 5.82 Å². The lowest BCUT2D eigenvalue weighted by Crippen LogP contribution is -2.38. The first-order chi connectivity index (χ1) is 13.7. The predicted octanol–water partition coefficient (Wildman–Crippen LogP) is 1.44. The monoisotopic (exact) mass is 391 g/mol. The number of nitrogens with zero attached hydrogens (tertiary/aromatic N) is 3. The molecule has 1 aliphatic carbocycles. The fourth-order valence-corrected chi connectivity index (χ4v) is 4.87. The molecule has 4 rings (SSSR count). The fraction of sp³-hybridized carbons (Fsp3) is 0.800. The molecular weight excluding hydrogens is 358 g/mol. The summed E-state index contributed by atoms with van der Waals surface area (Å²) in [4.78, 5) is 11.4. The number of hydrogen-bond acceptors (Lipinski definition) is 8. The van der Waals surface area contributed by atoms with Gasteiger partial charge in [0, 0.05) is 45.3 Å². The highest BCUT2D eigenvalue weighted by molar-refractivity contribution is 5.41. The van der Waals surface area contributed by atoms with Crippen molar-refractivity contribution in [1.29, 1.82) is 0 Å². The van der Waals surface area contributed by atoms with Gasteiger partial charge in [0.2, 0.25) is 0 Å². The Morgan fingerprint density at radius 1 is 1.18 bits per heavy atom. The van der Waals surface area contributed by atoms with Crippen molar-refractivity contribution < 1.29 is 14.2 Å². The van der Waals surface area contributed by atoms with E-state index in [1.807, 2.05) is 0 Å². The summed E-state index contributed by atoms with van der Waals surface area (Å²) in [5.74, 6) is 1.45. The van der Waals surface area contributed by atoms with Crippen molar-refractivity contribution in [2.75, 3.05) is 38.8 Å². The Kier molecular flexibility index (Phi) is 6.42.